The lowest BCUT2D eigenvalue weighted by Crippen LogP contribution is -2.01. The highest BCUT2D eigenvalue weighted by Gasteiger charge is 2.09. The van der Waals surface area contributed by atoms with Crippen LogP contribution in [-0.4, -0.2) is 31.6 Å². The molecule has 0 aliphatic rings. The van der Waals surface area contributed by atoms with E-state index < -0.39 is 0 Å². The van der Waals surface area contributed by atoms with Crippen LogP contribution in [0.25, 0.3) is 6.08 Å². The van der Waals surface area contributed by atoms with Gasteiger partial charge in [0.15, 0.2) is 17.3 Å². The third-order valence-electron chi connectivity index (χ3n) is 4.36. The molecular formula is C23H29NO4. The lowest BCUT2D eigenvalue weighted by molar-refractivity contribution is 0.104. The molecule has 1 aromatic carbocycles. The average Bonchev–Trinajstić information content (AvgIpc) is 2.74. The normalized spacial score (nSPS) is 10.8. The number of ether oxygens (including phenoxy) is 3. The number of hydrogen-bond acceptors (Lipinski definition) is 5. The van der Waals surface area contributed by atoms with E-state index >= 15 is 0 Å². The number of methoxy groups -OCH3 is 2. The molecule has 2 aromatic rings. The van der Waals surface area contributed by atoms with Gasteiger partial charge in [-0.15, -0.1) is 0 Å². The highest BCUT2D eigenvalue weighted by atomic mass is 16.5. The maximum Gasteiger partial charge on any atom is 0.189 e. The van der Waals surface area contributed by atoms with Crippen LogP contribution in [0.1, 0.15) is 55.1 Å². The topological polar surface area (TPSA) is 57.7 Å². The lowest BCUT2D eigenvalue weighted by Gasteiger charge is -2.11. The van der Waals surface area contributed by atoms with Crippen molar-refractivity contribution in [2.45, 2.75) is 39.0 Å². The Labute approximate surface area is 167 Å². The van der Waals surface area contributed by atoms with Crippen LogP contribution in [0, 0.1) is 0 Å². The molecule has 0 saturated heterocycles. The van der Waals surface area contributed by atoms with Crippen LogP contribution < -0.4 is 14.2 Å². The monoisotopic (exact) mass is 383 g/mol. The van der Waals surface area contributed by atoms with Crippen molar-refractivity contribution in [1.29, 1.82) is 0 Å². The molecule has 5 nitrogen and oxygen atoms in total. The van der Waals surface area contributed by atoms with Crippen molar-refractivity contribution in [3.05, 3.63) is 53.9 Å². The van der Waals surface area contributed by atoms with E-state index in [4.69, 9.17) is 14.2 Å². The van der Waals surface area contributed by atoms with Gasteiger partial charge in [0.1, 0.15) is 5.75 Å². The molecule has 0 atom stereocenters. The standard InChI is InChI=1S/C23H29NO4/c1-4-5-6-7-10-15-28-22-16-18(24-17-23(22)27-3)13-14-20(25)19-11-8-9-12-21(19)26-2/h8-9,11-14,16-17H,4-7,10,15H2,1-3H3. The molecule has 1 heterocycles. The quantitative estimate of drug-likeness (QED) is 0.281. The van der Waals surface area contributed by atoms with Crippen molar-refractivity contribution in [2.75, 3.05) is 20.8 Å². The molecule has 0 saturated carbocycles. The van der Waals surface area contributed by atoms with E-state index in [2.05, 4.69) is 11.9 Å². The van der Waals surface area contributed by atoms with E-state index in [0.717, 1.165) is 12.8 Å². The maximum absolute atomic E-state index is 12.5. The van der Waals surface area contributed by atoms with Gasteiger partial charge in [0.05, 0.1) is 38.3 Å². The molecule has 150 valence electrons. The number of benzene rings is 1. The van der Waals surface area contributed by atoms with Crippen LogP contribution >= 0.6 is 0 Å². The second-order valence-electron chi connectivity index (χ2n) is 6.42. The fraction of sp³-hybridized carbons (Fsp3) is 0.391. The van der Waals surface area contributed by atoms with E-state index in [1.165, 1.54) is 25.3 Å². The second-order valence-corrected chi connectivity index (χ2v) is 6.42. The predicted molar refractivity (Wildman–Crippen MR) is 111 cm³/mol. The van der Waals surface area contributed by atoms with E-state index in [-0.39, 0.29) is 5.78 Å². The van der Waals surface area contributed by atoms with E-state index in [1.54, 1.807) is 44.7 Å². The number of pyridine rings is 1. The number of allylic oxidation sites excluding steroid dienone is 1. The number of carbonyl (C=O) groups is 1. The summed E-state index contributed by atoms with van der Waals surface area (Å²) in [6.45, 7) is 2.83. The Kier molecular flexibility index (Phi) is 9.05. The number of para-hydroxylation sites is 1. The fourth-order valence-electron chi connectivity index (χ4n) is 2.78. The van der Waals surface area contributed by atoms with Gasteiger partial charge in [0.2, 0.25) is 0 Å². The molecule has 0 N–H and O–H groups in total. The number of nitrogens with zero attached hydrogens (tertiary/aromatic N) is 1. The van der Waals surface area contributed by atoms with Gasteiger partial charge in [-0.1, -0.05) is 44.7 Å². The van der Waals surface area contributed by atoms with Crippen LogP contribution in [-0.2, 0) is 0 Å². The number of aromatic nitrogens is 1. The largest absolute Gasteiger partial charge is 0.496 e. The number of carbonyl (C=O) groups excluding carboxylic acids is 1. The molecule has 0 spiro atoms. The molecule has 0 aliphatic carbocycles. The lowest BCUT2D eigenvalue weighted by atomic mass is 10.1. The first kappa shape index (κ1) is 21.5. The molecule has 0 amide bonds. The molecular weight excluding hydrogens is 354 g/mol. The zero-order valence-electron chi connectivity index (χ0n) is 16.9. The summed E-state index contributed by atoms with van der Waals surface area (Å²) in [6.07, 6.45) is 10.6. The molecule has 28 heavy (non-hydrogen) atoms. The maximum atomic E-state index is 12.5. The van der Waals surface area contributed by atoms with Crippen LogP contribution in [0.15, 0.2) is 42.6 Å². The Morgan fingerprint density at radius 1 is 1.00 bits per heavy atom. The van der Waals surface area contributed by atoms with Gasteiger partial charge in [0, 0.05) is 6.07 Å². The summed E-state index contributed by atoms with van der Waals surface area (Å²) in [4.78, 5) is 16.8. The van der Waals surface area contributed by atoms with Crippen molar-refractivity contribution in [3.63, 3.8) is 0 Å². The highest BCUT2D eigenvalue weighted by molar-refractivity contribution is 6.08. The summed E-state index contributed by atoms with van der Waals surface area (Å²) >= 11 is 0. The Morgan fingerprint density at radius 2 is 1.75 bits per heavy atom. The first-order valence-corrected chi connectivity index (χ1v) is 9.71. The minimum absolute atomic E-state index is 0.145. The van der Waals surface area contributed by atoms with E-state index in [1.807, 2.05) is 12.1 Å². The summed E-state index contributed by atoms with van der Waals surface area (Å²) in [7, 11) is 3.14. The smallest absolute Gasteiger partial charge is 0.189 e. The van der Waals surface area contributed by atoms with Crippen molar-refractivity contribution >= 4 is 11.9 Å². The van der Waals surface area contributed by atoms with Crippen LogP contribution in [0.2, 0.25) is 0 Å². The molecule has 5 heteroatoms. The second kappa shape index (κ2) is 11.8. The molecule has 0 radical (unpaired) electrons. The summed E-state index contributed by atoms with van der Waals surface area (Å²) in [5.41, 5.74) is 1.14. The van der Waals surface area contributed by atoms with Gasteiger partial charge in [0.25, 0.3) is 0 Å². The summed E-state index contributed by atoms with van der Waals surface area (Å²) in [5.74, 6) is 1.62. The Balaban J connectivity index is 2.03. The van der Waals surface area contributed by atoms with E-state index in [9.17, 15) is 4.79 Å². The predicted octanol–water partition coefficient (Wildman–Crippen LogP) is 5.34. The van der Waals surface area contributed by atoms with Crippen LogP contribution in [0.4, 0.5) is 0 Å². The molecule has 0 unspecified atom stereocenters. The number of rotatable bonds is 12. The third kappa shape index (κ3) is 6.41. The van der Waals surface area contributed by atoms with Gasteiger partial charge in [-0.3, -0.25) is 9.78 Å². The van der Waals surface area contributed by atoms with Crippen molar-refractivity contribution < 1.29 is 19.0 Å². The van der Waals surface area contributed by atoms with Gasteiger partial charge >= 0.3 is 0 Å². The summed E-state index contributed by atoms with van der Waals surface area (Å²) in [6, 6.07) is 8.92. The first-order valence-electron chi connectivity index (χ1n) is 9.71. The van der Waals surface area contributed by atoms with Crippen LogP contribution in [0.5, 0.6) is 17.2 Å². The molecule has 0 aliphatic heterocycles. The van der Waals surface area contributed by atoms with Gasteiger partial charge in [-0.2, -0.15) is 0 Å². The highest BCUT2D eigenvalue weighted by Crippen LogP contribution is 2.27. The Bertz CT molecular complexity index is 786. The fourth-order valence-corrected chi connectivity index (χ4v) is 2.78. The van der Waals surface area contributed by atoms with Crippen molar-refractivity contribution in [1.82, 2.24) is 4.98 Å². The number of hydrogen-bond donors (Lipinski definition) is 0. The minimum atomic E-state index is -0.145. The van der Waals surface area contributed by atoms with Crippen molar-refractivity contribution in [2.24, 2.45) is 0 Å². The zero-order chi connectivity index (χ0) is 20.2. The third-order valence-corrected chi connectivity index (χ3v) is 4.36. The molecule has 0 fully saturated rings. The number of ketones is 1. The molecule has 0 bridgehead atoms. The van der Waals surface area contributed by atoms with Crippen molar-refractivity contribution in [3.8, 4) is 17.2 Å². The molecule has 1 aromatic heterocycles. The molecule has 2 rings (SSSR count). The summed E-state index contributed by atoms with van der Waals surface area (Å²) < 4.78 is 16.4. The zero-order valence-corrected chi connectivity index (χ0v) is 16.9. The van der Waals surface area contributed by atoms with E-state index in [0.29, 0.717) is 35.1 Å². The van der Waals surface area contributed by atoms with Gasteiger partial charge in [-0.05, 0) is 30.7 Å². The average molecular weight is 383 g/mol. The van der Waals surface area contributed by atoms with Crippen LogP contribution in [0.3, 0.4) is 0 Å². The first-order chi connectivity index (χ1) is 13.7. The minimum Gasteiger partial charge on any atom is -0.496 e. The van der Waals surface area contributed by atoms with Gasteiger partial charge in [-0.25, -0.2) is 0 Å². The number of unbranched alkanes of at least 4 members (excludes halogenated alkanes) is 4. The SMILES string of the molecule is CCCCCCCOc1cc(C=CC(=O)c2ccccc2OC)ncc1OC. The summed E-state index contributed by atoms with van der Waals surface area (Å²) in [5, 5.41) is 0. The Hall–Kier alpha value is -2.82. The Morgan fingerprint density at radius 3 is 2.50 bits per heavy atom. The van der Waals surface area contributed by atoms with Gasteiger partial charge < -0.3 is 14.2 Å².